The molecule has 1 aromatic heterocycles. The second-order valence-electron chi connectivity index (χ2n) is 5.94. The summed E-state index contributed by atoms with van der Waals surface area (Å²) in [6, 6.07) is 15.6. The molecule has 2 aromatic carbocycles. The van der Waals surface area contributed by atoms with Crippen LogP contribution in [0.2, 0.25) is 5.02 Å². The predicted molar refractivity (Wildman–Crippen MR) is 124 cm³/mol. The molecule has 2 N–H and O–H groups in total. The average Bonchev–Trinajstić information content (AvgIpc) is 3.14. The van der Waals surface area contributed by atoms with Crippen LogP contribution in [0.3, 0.4) is 0 Å². The number of anilines is 2. The molecule has 30 heavy (non-hydrogen) atoms. The molecule has 0 saturated carbocycles. The quantitative estimate of drug-likeness (QED) is 0.202. The largest absolute Gasteiger partial charge is 0.462 e. The first kappa shape index (κ1) is 21.7. The highest BCUT2D eigenvalue weighted by Gasteiger charge is 2.19. The Labute approximate surface area is 186 Å². The van der Waals surface area contributed by atoms with Crippen LogP contribution in [0.25, 0.3) is 10.4 Å². The Morgan fingerprint density at radius 3 is 2.60 bits per heavy atom. The van der Waals surface area contributed by atoms with Crippen LogP contribution in [0.5, 0.6) is 0 Å². The maximum atomic E-state index is 12.4. The molecule has 154 valence electrons. The number of carbonyl (C=O) groups excluding carboxylic acids is 1. The summed E-state index contributed by atoms with van der Waals surface area (Å²) in [6.07, 6.45) is 0. The molecule has 0 fully saturated rings. The van der Waals surface area contributed by atoms with Crippen LogP contribution >= 0.6 is 35.2 Å². The van der Waals surface area contributed by atoms with E-state index in [1.54, 1.807) is 19.1 Å². The highest BCUT2D eigenvalue weighted by molar-refractivity contribution is 7.80. The van der Waals surface area contributed by atoms with E-state index < -0.39 is 10.9 Å². The maximum absolute atomic E-state index is 12.4. The van der Waals surface area contributed by atoms with E-state index in [-0.39, 0.29) is 22.4 Å². The summed E-state index contributed by atoms with van der Waals surface area (Å²) in [5, 5.41) is 17.6. The maximum Gasteiger partial charge on any atom is 0.341 e. The zero-order chi connectivity index (χ0) is 21.7. The first-order chi connectivity index (χ1) is 14.4. The zero-order valence-corrected chi connectivity index (χ0v) is 18.1. The van der Waals surface area contributed by atoms with Crippen LogP contribution in [0.15, 0.2) is 54.6 Å². The summed E-state index contributed by atoms with van der Waals surface area (Å²) in [5.74, 6) is -0.469. The summed E-state index contributed by atoms with van der Waals surface area (Å²) in [4.78, 5) is 23.8. The molecule has 0 spiro atoms. The molecule has 0 aliphatic rings. The number of thiophene rings is 1. The average molecular weight is 462 g/mol. The lowest BCUT2D eigenvalue weighted by Gasteiger charge is -2.11. The molecule has 0 radical (unpaired) electrons. The SMILES string of the molecule is CCOC(=O)c1cc(-c2ccccc2)sc1NC(=S)Nc1ccc(Cl)c([N+](=O)[O-])c1. The molecule has 0 amide bonds. The second kappa shape index (κ2) is 9.66. The first-order valence-corrected chi connectivity index (χ1v) is 10.4. The molecular formula is C20H16ClN3O4S2. The number of nitrogens with zero attached hydrogens (tertiary/aromatic N) is 1. The van der Waals surface area contributed by atoms with E-state index in [1.165, 1.54) is 23.5 Å². The minimum Gasteiger partial charge on any atom is -0.462 e. The highest BCUT2D eigenvalue weighted by atomic mass is 35.5. The van der Waals surface area contributed by atoms with Gasteiger partial charge < -0.3 is 15.4 Å². The van der Waals surface area contributed by atoms with Crippen molar-refractivity contribution in [3.63, 3.8) is 0 Å². The van der Waals surface area contributed by atoms with Gasteiger partial charge in [-0.3, -0.25) is 10.1 Å². The van der Waals surface area contributed by atoms with Crippen molar-refractivity contribution in [2.75, 3.05) is 17.2 Å². The molecule has 1 heterocycles. The van der Waals surface area contributed by atoms with E-state index in [0.717, 1.165) is 10.4 Å². The molecule has 3 rings (SSSR count). The Morgan fingerprint density at radius 2 is 1.93 bits per heavy atom. The number of thiocarbonyl (C=S) groups is 1. The lowest BCUT2D eigenvalue weighted by atomic mass is 10.1. The molecule has 7 nitrogen and oxygen atoms in total. The third kappa shape index (κ3) is 5.12. The highest BCUT2D eigenvalue weighted by Crippen LogP contribution is 2.36. The van der Waals surface area contributed by atoms with Crippen molar-refractivity contribution in [2.24, 2.45) is 0 Å². The molecular weight excluding hydrogens is 446 g/mol. The van der Waals surface area contributed by atoms with Gasteiger partial charge in [0.15, 0.2) is 5.11 Å². The first-order valence-electron chi connectivity index (χ1n) is 8.77. The number of carbonyl (C=O) groups is 1. The van der Waals surface area contributed by atoms with Gasteiger partial charge in [0.2, 0.25) is 0 Å². The third-order valence-corrected chi connectivity index (χ3v) is 5.54. The van der Waals surface area contributed by atoms with Crippen LogP contribution in [-0.4, -0.2) is 22.6 Å². The van der Waals surface area contributed by atoms with E-state index in [4.69, 9.17) is 28.6 Å². The monoisotopic (exact) mass is 461 g/mol. The van der Waals surface area contributed by atoms with Crippen molar-refractivity contribution in [3.05, 3.63) is 75.3 Å². The number of nitro groups is 1. The van der Waals surface area contributed by atoms with Crippen LogP contribution in [0.4, 0.5) is 16.4 Å². The van der Waals surface area contributed by atoms with E-state index in [9.17, 15) is 14.9 Å². The summed E-state index contributed by atoms with van der Waals surface area (Å²) < 4.78 is 5.15. The van der Waals surface area contributed by atoms with E-state index in [2.05, 4.69) is 10.6 Å². The van der Waals surface area contributed by atoms with Crippen molar-refractivity contribution in [3.8, 4) is 10.4 Å². The van der Waals surface area contributed by atoms with E-state index in [1.807, 2.05) is 30.3 Å². The van der Waals surface area contributed by atoms with Gasteiger partial charge in [-0.05, 0) is 42.9 Å². The fourth-order valence-electron chi connectivity index (χ4n) is 2.58. The van der Waals surface area contributed by atoms with Gasteiger partial charge in [-0.1, -0.05) is 41.9 Å². The second-order valence-corrected chi connectivity index (χ2v) is 7.81. The van der Waals surface area contributed by atoms with Crippen LogP contribution in [0, 0.1) is 10.1 Å². The number of nitro benzene ring substituents is 1. The number of halogens is 1. The van der Waals surface area contributed by atoms with Crippen molar-refractivity contribution < 1.29 is 14.5 Å². The van der Waals surface area contributed by atoms with Gasteiger partial charge in [-0.25, -0.2) is 4.79 Å². The Hall–Kier alpha value is -3.01. The molecule has 0 saturated heterocycles. The number of nitrogens with one attached hydrogen (secondary N) is 2. The zero-order valence-electron chi connectivity index (χ0n) is 15.7. The molecule has 0 bridgehead atoms. The minimum absolute atomic E-state index is 0.0276. The summed E-state index contributed by atoms with van der Waals surface area (Å²) >= 11 is 12.5. The third-order valence-electron chi connectivity index (χ3n) is 3.91. The lowest BCUT2D eigenvalue weighted by molar-refractivity contribution is -0.384. The van der Waals surface area contributed by atoms with Gasteiger partial charge in [0.25, 0.3) is 5.69 Å². The van der Waals surface area contributed by atoms with Gasteiger partial charge in [0.1, 0.15) is 10.0 Å². The van der Waals surface area contributed by atoms with Crippen LogP contribution < -0.4 is 10.6 Å². The molecule has 0 unspecified atom stereocenters. The van der Waals surface area contributed by atoms with Gasteiger partial charge in [-0.15, -0.1) is 11.3 Å². The van der Waals surface area contributed by atoms with Gasteiger partial charge in [0.05, 0.1) is 17.1 Å². The minimum atomic E-state index is -0.575. The van der Waals surface area contributed by atoms with E-state index >= 15 is 0 Å². The lowest BCUT2D eigenvalue weighted by Crippen LogP contribution is -2.20. The standard InChI is InChI=1S/C20H16ClN3O4S2/c1-2-28-19(25)14-11-17(12-6-4-3-5-7-12)30-18(14)23-20(29)22-13-8-9-15(21)16(10-13)24(26)27/h3-11H,2H2,1H3,(H2,22,23,29). The number of benzene rings is 2. The van der Waals surface area contributed by atoms with Gasteiger partial charge in [-0.2, -0.15) is 0 Å². The van der Waals surface area contributed by atoms with Gasteiger partial charge in [0, 0.05) is 16.6 Å². The van der Waals surface area contributed by atoms with Crippen molar-refractivity contribution >= 4 is 62.6 Å². The molecule has 10 heteroatoms. The van der Waals surface area contributed by atoms with Crippen LogP contribution in [0.1, 0.15) is 17.3 Å². The van der Waals surface area contributed by atoms with Crippen LogP contribution in [-0.2, 0) is 4.74 Å². The van der Waals surface area contributed by atoms with Gasteiger partial charge >= 0.3 is 5.97 Å². The summed E-state index contributed by atoms with van der Waals surface area (Å²) in [7, 11) is 0. The van der Waals surface area contributed by atoms with E-state index in [0.29, 0.717) is 16.3 Å². The Balaban J connectivity index is 1.85. The molecule has 0 aliphatic carbocycles. The topological polar surface area (TPSA) is 93.5 Å². The Morgan fingerprint density at radius 1 is 1.20 bits per heavy atom. The predicted octanol–water partition coefficient (Wildman–Crippen LogP) is 5.96. The Kier molecular flexibility index (Phi) is 6.99. The number of rotatable bonds is 6. The fraction of sp³-hybridized carbons (Fsp3) is 0.100. The Bertz CT molecular complexity index is 1100. The van der Waals surface area contributed by atoms with Crippen molar-refractivity contribution in [1.29, 1.82) is 0 Å². The molecule has 0 aliphatic heterocycles. The normalized spacial score (nSPS) is 10.3. The van der Waals surface area contributed by atoms with Crippen molar-refractivity contribution in [1.82, 2.24) is 0 Å². The number of hydrogen-bond donors (Lipinski definition) is 2. The number of hydrogen-bond acceptors (Lipinski definition) is 6. The summed E-state index contributed by atoms with van der Waals surface area (Å²) in [5.41, 5.74) is 1.46. The summed E-state index contributed by atoms with van der Waals surface area (Å²) in [6.45, 7) is 1.97. The molecule has 3 aromatic rings. The smallest absolute Gasteiger partial charge is 0.341 e. The van der Waals surface area contributed by atoms with Crippen molar-refractivity contribution in [2.45, 2.75) is 6.92 Å². The number of esters is 1. The number of ether oxygens (including phenoxy) is 1. The molecule has 0 atom stereocenters. The fourth-order valence-corrected chi connectivity index (χ4v) is 4.11.